The van der Waals surface area contributed by atoms with Gasteiger partial charge in [-0.05, 0) is 23.6 Å². The Hall–Kier alpha value is -2.09. The first-order valence-corrected chi connectivity index (χ1v) is 5.53. The highest BCUT2D eigenvalue weighted by Crippen LogP contribution is 2.19. The molecule has 0 atom stereocenters. The van der Waals surface area contributed by atoms with Crippen molar-refractivity contribution in [2.75, 3.05) is 7.11 Å². The highest BCUT2D eigenvalue weighted by Gasteiger charge is 1.96. The van der Waals surface area contributed by atoms with Crippen molar-refractivity contribution < 1.29 is 4.84 Å². The first-order chi connectivity index (χ1) is 8.29. The number of oxime groups is 1. The van der Waals surface area contributed by atoms with Crippen LogP contribution in [0.25, 0.3) is 11.1 Å². The summed E-state index contributed by atoms with van der Waals surface area (Å²) in [4.78, 5) is 4.64. The number of hydrogen-bond acceptors (Lipinski definition) is 2. The number of rotatable bonds is 3. The van der Waals surface area contributed by atoms with Gasteiger partial charge in [0.25, 0.3) is 0 Å². The van der Waals surface area contributed by atoms with Crippen LogP contribution in [0.1, 0.15) is 11.1 Å². The van der Waals surface area contributed by atoms with Crippen molar-refractivity contribution in [2.24, 2.45) is 5.16 Å². The van der Waals surface area contributed by atoms with E-state index in [-0.39, 0.29) is 0 Å². The second kappa shape index (κ2) is 5.30. The Kier molecular flexibility index (Phi) is 3.55. The van der Waals surface area contributed by atoms with Gasteiger partial charge < -0.3 is 4.84 Å². The minimum atomic E-state index is 1.03. The van der Waals surface area contributed by atoms with Crippen LogP contribution < -0.4 is 0 Å². The first kappa shape index (κ1) is 11.4. The Morgan fingerprint density at radius 1 is 0.882 bits per heavy atom. The number of hydrogen-bond donors (Lipinski definition) is 0. The van der Waals surface area contributed by atoms with Crippen molar-refractivity contribution >= 4 is 6.21 Å². The summed E-state index contributed by atoms with van der Waals surface area (Å²) >= 11 is 0. The molecule has 17 heavy (non-hydrogen) atoms. The molecule has 0 saturated heterocycles. The lowest BCUT2D eigenvalue weighted by Gasteiger charge is -2.02. The maximum absolute atomic E-state index is 4.64. The summed E-state index contributed by atoms with van der Waals surface area (Å²) in [5.41, 5.74) is 4.74. The molecule has 86 valence electrons. The molecule has 0 amide bonds. The topological polar surface area (TPSA) is 21.6 Å². The van der Waals surface area contributed by atoms with Gasteiger partial charge in [0, 0.05) is 0 Å². The molecule has 2 rings (SSSR count). The molecule has 0 N–H and O–H groups in total. The molecule has 0 aliphatic carbocycles. The molecule has 2 aromatic carbocycles. The maximum atomic E-state index is 4.64. The summed E-state index contributed by atoms with van der Waals surface area (Å²) in [7, 11) is 1.54. The van der Waals surface area contributed by atoms with E-state index in [1.807, 2.05) is 12.1 Å². The quantitative estimate of drug-likeness (QED) is 0.577. The fourth-order valence-electron chi connectivity index (χ4n) is 1.62. The van der Waals surface area contributed by atoms with E-state index in [1.165, 1.54) is 23.8 Å². The van der Waals surface area contributed by atoms with E-state index in [4.69, 9.17) is 0 Å². The van der Waals surface area contributed by atoms with Crippen LogP contribution in [0.2, 0.25) is 0 Å². The third-order valence-electron chi connectivity index (χ3n) is 2.60. The standard InChI is InChI=1S/C15H15NO/c1-12-3-7-14(8-4-12)15-9-5-13(6-10-15)11-16-17-2/h3-11H,1-2H3/b16-11-. The van der Waals surface area contributed by atoms with Crippen LogP contribution in [-0.2, 0) is 4.84 Å². The van der Waals surface area contributed by atoms with Crippen molar-refractivity contribution in [3.63, 3.8) is 0 Å². The molecule has 0 heterocycles. The zero-order valence-corrected chi connectivity index (χ0v) is 10.1. The van der Waals surface area contributed by atoms with Crippen LogP contribution in [0.3, 0.4) is 0 Å². The van der Waals surface area contributed by atoms with Crippen molar-refractivity contribution in [1.82, 2.24) is 0 Å². The zero-order chi connectivity index (χ0) is 12.1. The minimum absolute atomic E-state index is 1.03. The lowest BCUT2D eigenvalue weighted by atomic mass is 10.0. The van der Waals surface area contributed by atoms with E-state index < -0.39 is 0 Å². The number of aryl methyl sites for hydroxylation is 1. The number of benzene rings is 2. The lowest BCUT2D eigenvalue weighted by molar-refractivity contribution is 0.215. The second-order valence-electron chi connectivity index (χ2n) is 3.91. The van der Waals surface area contributed by atoms with Crippen LogP contribution >= 0.6 is 0 Å². The van der Waals surface area contributed by atoms with Gasteiger partial charge in [0.15, 0.2) is 0 Å². The maximum Gasteiger partial charge on any atom is 0.106 e. The summed E-state index contributed by atoms with van der Waals surface area (Å²) in [5.74, 6) is 0. The van der Waals surface area contributed by atoms with E-state index in [9.17, 15) is 0 Å². The van der Waals surface area contributed by atoms with Crippen molar-refractivity contribution in [1.29, 1.82) is 0 Å². The molecular formula is C15H15NO. The van der Waals surface area contributed by atoms with Gasteiger partial charge in [-0.1, -0.05) is 59.3 Å². The van der Waals surface area contributed by atoms with E-state index >= 15 is 0 Å². The summed E-state index contributed by atoms with van der Waals surface area (Å²) in [6.45, 7) is 2.09. The molecule has 0 aliphatic rings. The molecule has 0 fully saturated rings. The molecule has 2 heteroatoms. The Morgan fingerprint density at radius 3 is 1.94 bits per heavy atom. The molecule has 0 unspecified atom stereocenters. The van der Waals surface area contributed by atoms with E-state index in [0.717, 1.165) is 5.56 Å². The molecule has 0 saturated carbocycles. The smallest absolute Gasteiger partial charge is 0.106 e. The van der Waals surface area contributed by atoms with Crippen LogP contribution in [0.5, 0.6) is 0 Å². The highest BCUT2D eigenvalue weighted by molar-refractivity contribution is 5.80. The van der Waals surface area contributed by atoms with Crippen LogP contribution in [-0.4, -0.2) is 13.3 Å². The molecule has 0 aromatic heterocycles. The Balaban J connectivity index is 2.23. The van der Waals surface area contributed by atoms with Gasteiger partial charge in [-0.3, -0.25) is 0 Å². The summed E-state index contributed by atoms with van der Waals surface area (Å²) in [6.07, 6.45) is 1.69. The summed E-state index contributed by atoms with van der Waals surface area (Å²) < 4.78 is 0. The molecule has 0 spiro atoms. The Labute approximate surface area is 102 Å². The predicted molar refractivity (Wildman–Crippen MR) is 71.2 cm³/mol. The molecule has 0 radical (unpaired) electrons. The largest absolute Gasteiger partial charge is 0.399 e. The fraction of sp³-hybridized carbons (Fsp3) is 0.133. The Morgan fingerprint density at radius 2 is 1.41 bits per heavy atom. The minimum Gasteiger partial charge on any atom is -0.399 e. The average Bonchev–Trinajstić information content (AvgIpc) is 2.38. The monoisotopic (exact) mass is 225 g/mol. The van der Waals surface area contributed by atoms with E-state index in [2.05, 4.69) is 53.3 Å². The fourth-order valence-corrected chi connectivity index (χ4v) is 1.62. The first-order valence-electron chi connectivity index (χ1n) is 5.53. The zero-order valence-electron chi connectivity index (χ0n) is 10.1. The molecule has 2 aromatic rings. The molecular weight excluding hydrogens is 210 g/mol. The predicted octanol–water partition coefficient (Wildman–Crippen LogP) is 3.64. The summed E-state index contributed by atoms with van der Waals surface area (Å²) in [6, 6.07) is 16.7. The van der Waals surface area contributed by atoms with Gasteiger partial charge in [0.1, 0.15) is 7.11 Å². The van der Waals surface area contributed by atoms with Gasteiger partial charge in [-0.15, -0.1) is 0 Å². The third-order valence-corrected chi connectivity index (χ3v) is 2.60. The van der Waals surface area contributed by atoms with Gasteiger partial charge in [-0.2, -0.15) is 0 Å². The van der Waals surface area contributed by atoms with Gasteiger partial charge >= 0.3 is 0 Å². The van der Waals surface area contributed by atoms with Crippen molar-refractivity contribution in [3.8, 4) is 11.1 Å². The normalized spacial score (nSPS) is 10.7. The third kappa shape index (κ3) is 2.94. The van der Waals surface area contributed by atoms with Gasteiger partial charge in [0.2, 0.25) is 0 Å². The highest BCUT2D eigenvalue weighted by atomic mass is 16.6. The summed E-state index contributed by atoms with van der Waals surface area (Å²) in [5, 5.41) is 3.73. The Bertz CT molecular complexity index is 497. The van der Waals surface area contributed by atoms with Crippen LogP contribution in [0.15, 0.2) is 53.7 Å². The molecule has 2 nitrogen and oxygen atoms in total. The van der Waals surface area contributed by atoms with Crippen LogP contribution in [0.4, 0.5) is 0 Å². The molecule has 0 bridgehead atoms. The number of nitrogens with zero attached hydrogens (tertiary/aromatic N) is 1. The van der Waals surface area contributed by atoms with E-state index in [1.54, 1.807) is 6.21 Å². The lowest BCUT2D eigenvalue weighted by Crippen LogP contribution is -1.83. The molecule has 0 aliphatic heterocycles. The van der Waals surface area contributed by atoms with Crippen molar-refractivity contribution in [2.45, 2.75) is 6.92 Å². The van der Waals surface area contributed by atoms with Crippen LogP contribution in [0, 0.1) is 6.92 Å². The van der Waals surface area contributed by atoms with Gasteiger partial charge in [0.05, 0.1) is 6.21 Å². The van der Waals surface area contributed by atoms with E-state index in [0.29, 0.717) is 0 Å². The second-order valence-corrected chi connectivity index (χ2v) is 3.91. The SMILES string of the molecule is CO/N=C\c1ccc(-c2ccc(C)cc2)cc1. The average molecular weight is 225 g/mol. The van der Waals surface area contributed by atoms with Gasteiger partial charge in [-0.25, -0.2) is 0 Å². The van der Waals surface area contributed by atoms with Crippen molar-refractivity contribution in [3.05, 3.63) is 59.7 Å².